The first-order valence-corrected chi connectivity index (χ1v) is 11.8. The lowest BCUT2D eigenvalue weighted by Crippen LogP contribution is -2.13. The molecular weight excluding hydrogens is 595 g/mol. The minimum absolute atomic E-state index is 0.0498. The van der Waals surface area contributed by atoms with Crippen molar-refractivity contribution in [1.29, 1.82) is 5.26 Å². The number of hydrogen-bond acceptors (Lipinski definition) is 4. The van der Waals surface area contributed by atoms with Gasteiger partial charge in [-0.2, -0.15) is 5.26 Å². The van der Waals surface area contributed by atoms with Crippen molar-refractivity contribution in [2.75, 3.05) is 12.4 Å². The van der Waals surface area contributed by atoms with E-state index in [1.54, 1.807) is 61.7 Å². The van der Waals surface area contributed by atoms with E-state index in [2.05, 4.69) is 37.2 Å². The summed E-state index contributed by atoms with van der Waals surface area (Å²) in [6.45, 7) is 0.232. The first kappa shape index (κ1) is 25.1. The van der Waals surface area contributed by atoms with Crippen LogP contribution in [0.4, 0.5) is 5.69 Å². The maximum Gasteiger partial charge on any atom is 0.266 e. The summed E-state index contributed by atoms with van der Waals surface area (Å²) < 4.78 is 12.3. The van der Waals surface area contributed by atoms with Crippen LogP contribution in [0.1, 0.15) is 11.1 Å². The molecule has 3 aromatic carbocycles. The zero-order valence-electron chi connectivity index (χ0n) is 17.2. The summed E-state index contributed by atoms with van der Waals surface area (Å²) >= 11 is 19.1. The zero-order valence-corrected chi connectivity index (χ0v) is 21.8. The van der Waals surface area contributed by atoms with Gasteiger partial charge in [0.1, 0.15) is 29.7 Å². The van der Waals surface area contributed by atoms with E-state index in [0.717, 1.165) is 5.56 Å². The second-order valence-electron chi connectivity index (χ2n) is 6.69. The van der Waals surface area contributed by atoms with Crippen LogP contribution in [0.5, 0.6) is 11.5 Å². The lowest BCUT2D eigenvalue weighted by atomic mass is 10.1. The number of methoxy groups -OCH3 is 1. The van der Waals surface area contributed by atoms with E-state index >= 15 is 0 Å². The lowest BCUT2D eigenvalue weighted by Gasteiger charge is -2.13. The molecule has 0 aliphatic heterocycles. The van der Waals surface area contributed by atoms with Gasteiger partial charge in [-0.1, -0.05) is 29.3 Å². The molecule has 0 fully saturated rings. The van der Waals surface area contributed by atoms with Crippen molar-refractivity contribution in [1.82, 2.24) is 0 Å². The largest absolute Gasteiger partial charge is 0.497 e. The summed E-state index contributed by atoms with van der Waals surface area (Å²) in [6.07, 6.45) is 1.49. The Bertz CT molecular complexity index is 1230. The van der Waals surface area contributed by atoms with Crippen LogP contribution in [0.25, 0.3) is 6.08 Å². The third-order valence-electron chi connectivity index (χ3n) is 4.43. The Hall–Kier alpha value is -2.50. The van der Waals surface area contributed by atoms with Gasteiger partial charge in [0.2, 0.25) is 0 Å². The van der Waals surface area contributed by atoms with Crippen molar-refractivity contribution in [2.24, 2.45) is 0 Å². The predicted molar refractivity (Wildman–Crippen MR) is 138 cm³/mol. The molecule has 0 aromatic heterocycles. The Morgan fingerprint density at radius 3 is 2.33 bits per heavy atom. The molecule has 33 heavy (non-hydrogen) atoms. The van der Waals surface area contributed by atoms with Crippen LogP contribution in [-0.2, 0) is 11.4 Å². The molecule has 0 bridgehead atoms. The van der Waals surface area contributed by atoms with Gasteiger partial charge >= 0.3 is 0 Å². The highest BCUT2D eigenvalue weighted by Gasteiger charge is 2.13. The number of nitriles is 1. The van der Waals surface area contributed by atoms with Crippen molar-refractivity contribution in [3.8, 4) is 17.6 Å². The van der Waals surface area contributed by atoms with Crippen LogP contribution in [0, 0.1) is 11.3 Å². The second kappa shape index (κ2) is 11.6. The van der Waals surface area contributed by atoms with E-state index in [-0.39, 0.29) is 12.2 Å². The van der Waals surface area contributed by atoms with E-state index in [1.807, 2.05) is 6.07 Å². The van der Waals surface area contributed by atoms with Gasteiger partial charge in [0.25, 0.3) is 5.91 Å². The lowest BCUT2D eigenvalue weighted by molar-refractivity contribution is -0.112. The number of carbonyl (C=O) groups excluding carboxylic acids is 1. The molecule has 0 saturated heterocycles. The average molecular weight is 611 g/mol. The number of nitrogens with one attached hydrogen (secondary N) is 1. The van der Waals surface area contributed by atoms with E-state index in [1.165, 1.54) is 6.08 Å². The van der Waals surface area contributed by atoms with Gasteiger partial charge < -0.3 is 14.8 Å². The number of ether oxygens (including phenoxy) is 2. The monoisotopic (exact) mass is 608 g/mol. The van der Waals surface area contributed by atoms with Crippen LogP contribution in [0.2, 0.25) is 10.0 Å². The normalized spacial score (nSPS) is 11.0. The average Bonchev–Trinajstić information content (AvgIpc) is 2.78. The van der Waals surface area contributed by atoms with Gasteiger partial charge in [0.05, 0.1) is 16.1 Å². The Balaban J connectivity index is 1.76. The molecule has 3 aromatic rings. The number of carbonyl (C=O) groups is 1. The van der Waals surface area contributed by atoms with E-state index in [9.17, 15) is 10.1 Å². The van der Waals surface area contributed by atoms with Crippen molar-refractivity contribution in [2.45, 2.75) is 6.61 Å². The number of anilines is 1. The summed E-state index contributed by atoms with van der Waals surface area (Å²) in [7, 11) is 1.56. The summed E-state index contributed by atoms with van der Waals surface area (Å²) in [5.41, 5.74) is 1.91. The quantitative estimate of drug-likeness (QED) is 0.220. The maximum atomic E-state index is 12.6. The fourth-order valence-electron chi connectivity index (χ4n) is 2.78. The minimum atomic E-state index is -0.521. The third-order valence-corrected chi connectivity index (χ3v) is 6.20. The molecule has 0 saturated carbocycles. The summed E-state index contributed by atoms with van der Waals surface area (Å²) in [5.74, 6) is 0.700. The van der Waals surface area contributed by atoms with E-state index in [4.69, 9.17) is 32.7 Å². The van der Waals surface area contributed by atoms with Crippen molar-refractivity contribution >= 4 is 72.7 Å². The second-order valence-corrected chi connectivity index (χ2v) is 9.24. The molecule has 0 spiro atoms. The van der Waals surface area contributed by atoms with Gasteiger partial charge in [-0.15, -0.1) is 0 Å². The smallest absolute Gasteiger partial charge is 0.266 e. The number of nitrogens with zero attached hydrogens (tertiary/aromatic N) is 1. The molecule has 5 nitrogen and oxygen atoms in total. The summed E-state index contributed by atoms with van der Waals surface area (Å²) in [5, 5.41) is 13.3. The molecule has 0 aliphatic carbocycles. The first-order valence-electron chi connectivity index (χ1n) is 9.43. The van der Waals surface area contributed by atoms with E-state index < -0.39 is 5.91 Å². The van der Waals surface area contributed by atoms with Gasteiger partial charge in [-0.25, -0.2) is 0 Å². The molecule has 1 amide bonds. The van der Waals surface area contributed by atoms with Crippen molar-refractivity contribution in [3.63, 3.8) is 0 Å². The van der Waals surface area contributed by atoms with Gasteiger partial charge in [0.15, 0.2) is 0 Å². The van der Waals surface area contributed by atoms with Crippen molar-refractivity contribution < 1.29 is 14.3 Å². The molecule has 1 N–H and O–H groups in total. The molecular formula is C24H16Br2Cl2N2O3. The number of rotatable bonds is 7. The molecule has 0 radical (unpaired) electrons. The molecule has 0 unspecified atom stereocenters. The molecule has 0 aliphatic rings. The van der Waals surface area contributed by atoms with Crippen LogP contribution < -0.4 is 14.8 Å². The number of hydrogen-bond donors (Lipinski definition) is 1. The Morgan fingerprint density at radius 1 is 1.09 bits per heavy atom. The van der Waals surface area contributed by atoms with Crippen LogP contribution in [-0.4, -0.2) is 13.0 Å². The van der Waals surface area contributed by atoms with Crippen LogP contribution in [0.3, 0.4) is 0 Å². The van der Waals surface area contributed by atoms with Crippen molar-refractivity contribution in [3.05, 3.63) is 90.3 Å². The molecule has 3 rings (SSSR count). The molecule has 9 heteroatoms. The number of benzene rings is 3. The summed E-state index contributed by atoms with van der Waals surface area (Å²) in [6, 6.07) is 17.5. The Morgan fingerprint density at radius 2 is 1.76 bits per heavy atom. The standard InChI is InChI=1S/C24H16Br2Cl2N2O3/c1-32-19-6-4-18(5-7-19)30-24(31)16(12-29)8-14-9-20(25)23(21(26)10-14)33-13-15-2-3-17(27)11-22(15)28/h2-11H,13H2,1H3,(H,30,31)/b16-8-. The fraction of sp³-hybridized carbons (Fsp3) is 0.0833. The topological polar surface area (TPSA) is 71.3 Å². The number of amides is 1. The minimum Gasteiger partial charge on any atom is -0.497 e. The highest BCUT2D eigenvalue weighted by atomic mass is 79.9. The van der Waals surface area contributed by atoms with Crippen LogP contribution >= 0.6 is 55.1 Å². The SMILES string of the molecule is COc1ccc(NC(=O)/C(C#N)=C\c2cc(Br)c(OCc3ccc(Cl)cc3Cl)c(Br)c2)cc1. The zero-order chi connectivity index (χ0) is 24.0. The molecule has 168 valence electrons. The Kier molecular flexibility index (Phi) is 8.81. The first-order chi connectivity index (χ1) is 15.8. The van der Waals surface area contributed by atoms with Gasteiger partial charge in [-0.3, -0.25) is 4.79 Å². The highest BCUT2D eigenvalue weighted by Crippen LogP contribution is 2.36. The van der Waals surface area contributed by atoms with Gasteiger partial charge in [0, 0.05) is 21.3 Å². The molecule has 0 atom stereocenters. The van der Waals surface area contributed by atoms with Crippen LogP contribution in [0.15, 0.2) is 69.1 Å². The van der Waals surface area contributed by atoms with Gasteiger partial charge in [-0.05, 0) is 92.0 Å². The maximum absolute atomic E-state index is 12.6. The highest BCUT2D eigenvalue weighted by molar-refractivity contribution is 9.11. The number of halogens is 4. The third kappa shape index (κ3) is 6.75. The Labute approximate surface area is 218 Å². The summed E-state index contributed by atoms with van der Waals surface area (Å²) in [4.78, 5) is 12.6. The predicted octanol–water partition coefficient (Wildman–Crippen LogP) is 7.65. The van der Waals surface area contributed by atoms with E-state index in [0.29, 0.717) is 41.7 Å². The molecule has 0 heterocycles. The fourth-order valence-corrected chi connectivity index (χ4v) is 4.69.